The molecule has 3 rings (SSSR count). The van der Waals surface area contributed by atoms with Gasteiger partial charge < -0.3 is 0 Å². The molecule has 1 aliphatic rings. The quantitative estimate of drug-likeness (QED) is 0.672. The molecule has 1 aromatic carbocycles. The van der Waals surface area contributed by atoms with E-state index in [1.54, 1.807) is 11.8 Å². The molecule has 6 nitrogen and oxygen atoms in total. The standard InChI is InChI=1S/C20H27N5OS2/c1-12-8-10-13(11-9-12)14-25(24-16(27-14)20(5,6)7)18(26)21-17-23-22-15(28-17)19(2,3)4/h8-11,14H,1-7H3,(H,21,23,26). The fourth-order valence-corrected chi connectivity index (χ4v) is 4.50. The van der Waals surface area contributed by atoms with Crippen LogP contribution in [0.3, 0.4) is 0 Å². The van der Waals surface area contributed by atoms with Gasteiger partial charge in [0.25, 0.3) is 0 Å². The van der Waals surface area contributed by atoms with Gasteiger partial charge in [0.1, 0.15) is 15.4 Å². The lowest BCUT2D eigenvalue weighted by Gasteiger charge is -2.21. The minimum Gasteiger partial charge on any atom is -0.280 e. The van der Waals surface area contributed by atoms with Crippen LogP contribution in [0.2, 0.25) is 0 Å². The Kier molecular flexibility index (Phi) is 5.55. The van der Waals surface area contributed by atoms with Crippen molar-refractivity contribution in [3.8, 4) is 0 Å². The number of anilines is 1. The summed E-state index contributed by atoms with van der Waals surface area (Å²) in [5.74, 6) is 0. The lowest BCUT2D eigenvalue weighted by atomic mass is 9.98. The molecule has 0 radical (unpaired) electrons. The van der Waals surface area contributed by atoms with Crippen molar-refractivity contribution in [3.05, 3.63) is 40.4 Å². The highest BCUT2D eigenvalue weighted by molar-refractivity contribution is 8.14. The molecule has 28 heavy (non-hydrogen) atoms. The summed E-state index contributed by atoms with van der Waals surface area (Å²) in [6.45, 7) is 14.6. The number of hydrogen-bond donors (Lipinski definition) is 1. The van der Waals surface area contributed by atoms with Crippen LogP contribution in [0.25, 0.3) is 0 Å². The number of hydrogen-bond acceptors (Lipinski definition) is 6. The summed E-state index contributed by atoms with van der Waals surface area (Å²) in [5, 5.41) is 19.5. The minimum atomic E-state index is -0.297. The summed E-state index contributed by atoms with van der Waals surface area (Å²) in [7, 11) is 0. The van der Waals surface area contributed by atoms with E-state index in [-0.39, 0.29) is 22.2 Å². The van der Waals surface area contributed by atoms with E-state index in [2.05, 4.69) is 93.3 Å². The van der Waals surface area contributed by atoms with E-state index in [1.165, 1.54) is 21.9 Å². The van der Waals surface area contributed by atoms with E-state index >= 15 is 0 Å². The van der Waals surface area contributed by atoms with Crippen molar-refractivity contribution in [2.24, 2.45) is 10.5 Å². The Morgan fingerprint density at radius 2 is 1.68 bits per heavy atom. The molecule has 0 aliphatic carbocycles. The molecular formula is C20H27N5OS2. The molecule has 2 amide bonds. The van der Waals surface area contributed by atoms with Crippen molar-refractivity contribution in [2.45, 2.75) is 59.3 Å². The van der Waals surface area contributed by atoms with Crippen molar-refractivity contribution in [1.82, 2.24) is 15.2 Å². The number of hydrazone groups is 1. The molecule has 1 aliphatic heterocycles. The average molecular weight is 418 g/mol. The summed E-state index contributed by atoms with van der Waals surface area (Å²) >= 11 is 3.01. The molecule has 1 aromatic heterocycles. The monoisotopic (exact) mass is 417 g/mol. The largest absolute Gasteiger partial charge is 0.345 e. The second-order valence-corrected chi connectivity index (χ2v) is 11.0. The van der Waals surface area contributed by atoms with Crippen molar-refractivity contribution in [3.63, 3.8) is 0 Å². The summed E-state index contributed by atoms with van der Waals surface area (Å²) in [6, 6.07) is 7.92. The normalized spacial score (nSPS) is 17.6. The van der Waals surface area contributed by atoms with Crippen LogP contribution in [-0.4, -0.2) is 26.3 Å². The highest BCUT2D eigenvalue weighted by atomic mass is 32.2. The number of rotatable bonds is 2. The molecule has 0 saturated heterocycles. The smallest absolute Gasteiger partial charge is 0.280 e. The zero-order valence-electron chi connectivity index (χ0n) is 17.4. The first-order valence-corrected chi connectivity index (χ1v) is 10.9. The van der Waals surface area contributed by atoms with Gasteiger partial charge in [-0.1, -0.05) is 94.5 Å². The van der Waals surface area contributed by atoms with Gasteiger partial charge in [-0.05, 0) is 12.5 Å². The maximum absolute atomic E-state index is 13.0. The second kappa shape index (κ2) is 7.48. The average Bonchev–Trinajstić information content (AvgIpc) is 3.21. The number of carbonyl (C=O) groups excluding carboxylic acids is 1. The van der Waals surface area contributed by atoms with Crippen molar-refractivity contribution in [2.75, 3.05) is 5.32 Å². The van der Waals surface area contributed by atoms with Gasteiger partial charge in [0.15, 0.2) is 0 Å². The number of nitrogens with zero attached hydrogens (tertiary/aromatic N) is 4. The number of aromatic nitrogens is 2. The van der Waals surface area contributed by atoms with Crippen molar-refractivity contribution in [1.29, 1.82) is 0 Å². The molecule has 0 saturated carbocycles. The molecule has 1 unspecified atom stereocenters. The molecule has 0 bridgehead atoms. The second-order valence-electron chi connectivity index (χ2n) is 8.97. The van der Waals surface area contributed by atoms with E-state index in [4.69, 9.17) is 0 Å². The van der Waals surface area contributed by atoms with Gasteiger partial charge in [-0.2, -0.15) is 10.1 Å². The van der Waals surface area contributed by atoms with Gasteiger partial charge in [0.05, 0.1) is 0 Å². The van der Waals surface area contributed by atoms with E-state index in [0.717, 1.165) is 15.6 Å². The number of benzene rings is 1. The number of thioether (sulfide) groups is 1. The van der Waals surface area contributed by atoms with Gasteiger partial charge >= 0.3 is 6.03 Å². The van der Waals surface area contributed by atoms with Crippen molar-refractivity contribution < 1.29 is 4.79 Å². The van der Waals surface area contributed by atoms with Crippen LogP contribution in [0.4, 0.5) is 9.93 Å². The third-order valence-electron chi connectivity index (χ3n) is 4.14. The Balaban J connectivity index is 1.86. The first-order valence-electron chi connectivity index (χ1n) is 9.21. The van der Waals surface area contributed by atoms with Gasteiger partial charge in [0.2, 0.25) is 5.13 Å². The molecule has 2 heterocycles. The van der Waals surface area contributed by atoms with Gasteiger partial charge in [-0.15, -0.1) is 10.2 Å². The fourth-order valence-electron chi connectivity index (χ4n) is 2.47. The number of urea groups is 1. The summed E-state index contributed by atoms with van der Waals surface area (Å²) < 4.78 is 0. The Morgan fingerprint density at radius 3 is 2.21 bits per heavy atom. The molecule has 2 aromatic rings. The third-order valence-corrected chi connectivity index (χ3v) is 7.01. The fraction of sp³-hybridized carbons (Fsp3) is 0.500. The van der Waals surface area contributed by atoms with Crippen LogP contribution in [0.15, 0.2) is 29.4 Å². The van der Waals surface area contributed by atoms with E-state index < -0.39 is 0 Å². The summed E-state index contributed by atoms with van der Waals surface area (Å²) in [4.78, 5) is 13.0. The Labute approximate surface area is 174 Å². The highest BCUT2D eigenvalue weighted by Gasteiger charge is 2.38. The van der Waals surface area contributed by atoms with Gasteiger partial charge in [0, 0.05) is 10.8 Å². The maximum atomic E-state index is 13.0. The highest BCUT2D eigenvalue weighted by Crippen LogP contribution is 2.44. The van der Waals surface area contributed by atoms with Crippen LogP contribution in [0, 0.1) is 12.3 Å². The Morgan fingerprint density at radius 1 is 1.04 bits per heavy atom. The number of carbonyl (C=O) groups is 1. The van der Waals surface area contributed by atoms with Gasteiger partial charge in [-0.25, -0.2) is 4.79 Å². The Bertz CT molecular complexity index is 891. The first-order chi connectivity index (χ1) is 12.9. The number of amides is 2. The number of aryl methyl sites for hydroxylation is 1. The molecule has 8 heteroatoms. The predicted molar refractivity (Wildman–Crippen MR) is 118 cm³/mol. The molecule has 0 fully saturated rings. The molecule has 0 spiro atoms. The topological polar surface area (TPSA) is 70.5 Å². The minimum absolute atomic E-state index is 0.105. The van der Waals surface area contributed by atoms with E-state index in [0.29, 0.717) is 5.13 Å². The van der Waals surface area contributed by atoms with Gasteiger partial charge in [-0.3, -0.25) is 5.32 Å². The van der Waals surface area contributed by atoms with E-state index in [1.807, 2.05) is 0 Å². The van der Waals surface area contributed by atoms with Crippen LogP contribution in [-0.2, 0) is 5.41 Å². The maximum Gasteiger partial charge on any atom is 0.345 e. The Hall–Kier alpha value is -1.93. The van der Waals surface area contributed by atoms with E-state index in [9.17, 15) is 4.79 Å². The van der Waals surface area contributed by atoms with Crippen LogP contribution < -0.4 is 5.32 Å². The molecular weight excluding hydrogens is 390 g/mol. The van der Waals surface area contributed by atoms with Crippen LogP contribution in [0.5, 0.6) is 0 Å². The van der Waals surface area contributed by atoms with Crippen LogP contribution in [0.1, 0.15) is 63.1 Å². The zero-order chi connectivity index (χ0) is 20.7. The van der Waals surface area contributed by atoms with Crippen LogP contribution >= 0.6 is 23.1 Å². The summed E-state index contributed by atoms with van der Waals surface area (Å²) in [5.41, 5.74) is 1.99. The SMILES string of the molecule is Cc1ccc(C2SC(C(C)(C)C)=NN2C(=O)Nc2nnc(C(C)(C)C)s2)cc1. The molecule has 1 N–H and O–H groups in total. The molecule has 150 valence electrons. The first kappa shape index (κ1) is 20.8. The zero-order valence-corrected chi connectivity index (χ0v) is 19.0. The number of nitrogens with one attached hydrogen (secondary N) is 1. The molecule has 1 atom stereocenters. The van der Waals surface area contributed by atoms with Crippen molar-refractivity contribution >= 4 is 39.3 Å². The summed E-state index contributed by atoms with van der Waals surface area (Å²) in [6.07, 6.45) is 0. The lowest BCUT2D eigenvalue weighted by Crippen LogP contribution is -2.30. The lowest BCUT2D eigenvalue weighted by molar-refractivity contribution is 0.211. The predicted octanol–water partition coefficient (Wildman–Crippen LogP) is 5.78. The third kappa shape index (κ3) is 4.55.